The lowest BCUT2D eigenvalue weighted by Crippen LogP contribution is -2.48. The van der Waals surface area contributed by atoms with Crippen LogP contribution in [0.25, 0.3) is 12.7 Å². The number of rotatable bonds is 11. The van der Waals surface area contributed by atoms with Crippen LogP contribution >= 0.6 is 11.8 Å². The molecule has 4 rings (SSSR count). The van der Waals surface area contributed by atoms with Crippen molar-refractivity contribution in [3.05, 3.63) is 58.5 Å². The van der Waals surface area contributed by atoms with Gasteiger partial charge in [0.15, 0.2) is 0 Å². The van der Waals surface area contributed by atoms with Gasteiger partial charge in [0.25, 0.3) is 0 Å². The van der Waals surface area contributed by atoms with Crippen molar-refractivity contribution in [2.45, 2.75) is 102 Å². The Labute approximate surface area is 258 Å². The van der Waals surface area contributed by atoms with Crippen LogP contribution in [0.15, 0.2) is 46.3 Å². The lowest BCUT2D eigenvalue weighted by Gasteiger charge is -2.44. The largest absolute Gasteiger partial charge is 0.342 e. The van der Waals surface area contributed by atoms with E-state index in [0.29, 0.717) is 6.04 Å². The number of aliphatic imine (C=N–C) groups is 1. The van der Waals surface area contributed by atoms with E-state index in [-0.39, 0.29) is 16.7 Å². The van der Waals surface area contributed by atoms with Gasteiger partial charge in [-0.2, -0.15) is 0 Å². The van der Waals surface area contributed by atoms with Crippen LogP contribution in [-0.4, -0.2) is 52.5 Å². The Hall–Kier alpha value is -2.60. The van der Waals surface area contributed by atoms with Crippen molar-refractivity contribution in [2.24, 2.45) is 16.3 Å². The minimum atomic E-state index is -0.342. The van der Waals surface area contributed by atoms with Gasteiger partial charge in [-0.15, -0.1) is 11.8 Å². The van der Waals surface area contributed by atoms with Gasteiger partial charge in [0, 0.05) is 54.0 Å². The van der Waals surface area contributed by atoms with Crippen LogP contribution in [0.4, 0.5) is 0 Å². The Morgan fingerprint density at radius 1 is 1.26 bits per heavy atom. The van der Waals surface area contributed by atoms with Crippen LogP contribution in [0.3, 0.4) is 0 Å². The van der Waals surface area contributed by atoms with Crippen LogP contribution in [-0.2, 0) is 10.2 Å². The van der Waals surface area contributed by atoms with Crippen LogP contribution < -0.4 is 10.7 Å². The highest BCUT2D eigenvalue weighted by molar-refractivity contribution is 7.98. The van der Waals surface area contributed by atoms with Crippen LogP contribution in [0.1, 0.15) is 96.5 Å². The second kappa shape index (κ2) is 14.2. The SMILES string of the molecule is C=c1nc(C)n([C@@H](CC=NCCC2(c3cccc(SC)c3)CCN(C(=O)C(C)(C)C)CC2)CC2CCC2)/c1=C/C=C\C. The third-order valence-corrected chi connectivity index (χ3v) is 10.1. The highest BCUT2D eigenvalue weighted by Crippen LogP contribution is 2.41. The monoisotopic (exact) mass is 588 g/mol. The quantitative estimate of drug-likeness (QED) is 0.213. The Morgan fingerprint density at radius 3 is 2.62 bits per heavy atom. The Morgan fingerprint density at radius 2 is 2.00 bits per heavy atom. The predicted molar refractivity (Wildman–Crippen MR) is 180 cm³/mol. The van der Waals surface area contributed by atoms with E-state index in [1.165, 1.54) is 36.1 Å². The Kier molecular flexibility index (Phi) is 11.0. The molecule has 2 fully saturated rings. The first-order valence-corrected chi connectivity index (χ1v) is 17.1. The summed E-state index contributed by atoms with van der Waals surface area (Å²) in [5.41, 5.74) is 1.10. The summed E-state index contributed by atoms with van der Waals surface area (Å²) >= 11 is 1.79. The van der Waals surface area contributed by atoms with Gasteiger partial charge in [-0.3, -0.25) is 9.79 Å². The number of hydrogen-bond acceptors (Lipinski definition) is 4. The molecule has 1 atom stereocenters. The minimum absolute atomic E-state index is 0.0431. The highest BCUT2D eigenvalue weighted by atomic mass is 32.2. The van der Waals surface area contributed by atoms with Crippen molar-refractivity contribution in [1.29, 1.82) is 0 Å². The fraction of sp³-hybridized carbons (Fsp3) is 0.583. The van der Waals surface area contributed by atoms with E-state index in [9.17, 15) is 4.79 Å². The first-order chi connectivity index (χ1) is 20.1. The second-order valence-corrected chi connectivity index (χ2v) is 14.2. The van der Waals surface area contributed by atoms with Gasteiger partial charge >= 0.3 is 0 Å². The van der Waals surface area contributed by atoms with Gasteiger partial charge in [-0.1, -0.05) is 70.9 Å². The van der Waals surface area contributed by atoms with Gasteiger partial charge in [0.2, 0.25) is 5.91 Å². The molecule has 1 saturated heterocycles. The number of aryl methyl sites for hydroxylation is 1. The number of nitrogens with zero attached hydrogens (tertiary/aromatic N) is 4. The zero-order chi connectivity index (χ0) is 30.3. The highest BCUT2D eigenvalue weighted by Gasteiger charge is 2.39. The molecule has 228 valence electrons. The zero-order valence-electron chi connectivity index (χ0n) is 26.9. The van der Waals surface area contributed by atoms with E-state index >= 15 is 0 Å². The fourth-order valence-corrected chi connectivity index (χ4v) is 7.14. The van der Waals surface area contributed by atoms with Crippen LogP contribution in [0.2, 0.25) is 0 Å². The first-order valence-electron chi connectivity index (χ1n) is 15.9. The summed E-state index contributed by atoms with van der Waals surface area (Å²) in [6, 6.07) is 9.39. The van der Waals surface area contributed by atoms with Crippen molar-refractivity contribution in [3.63, 3.8) is 0 Å². The smallest absolute Gasteiger partial charge is 0.227 e. The summed E-state index contributed by atoms with van der Waals surface area (Å²) in [5, 5.41) is 1.97. The number of thioether (sulfide) groups is 1. The Balaban J connectivity index is 1.50. The molecule has 0 bridgehead atoms. The molecule has 6 heteroatoms. The van der Waals surface area contributed by atoms with Crippen molar-refractivity contribution >= 4 is 36.5 Å². The molecule has 1 aromatic heterocycles. The zero-order valence-corrected chi connectivity index (χ0v) is 27.7. The maximum Gasteiger partial charge on any atom is 0.227 e. The molecule has 5 nitrogen and oxygen atoms in total. The second-order valence-electron chi connectivity index (χ2n) is 13.4. The number of aromatic nitrogens is 2. The molecule has 1 amide bonds. The third-order valence-electron chi connectivity index (χ3n) is 9.40. The number of amides is 1. The number of imidazole rings is 1. The topological polar surface area (TPSA) is 50.5 Å². The van der Waals surface area contributed by atoms with Crippen molar-refractivity contribution in [3.8, 4) is 0 Å². The third kappa shape index (κ3) is 7.67. The van der Waals surface area contributed by atoms with E-state index in [1.54, 1.807) is 11.8 Å². The number of likely N-dealkylation sites (tertiary alicyclic amines) is 1. The Bertz CT molecular complexity index is 1370. The van der Waals surface area contributed by atoms with Crippen molar-refractivity contribution < 1.29 is 4.79 Å². The van der Waals surface area contributed by atoms with E-state index < -0.39 is 0 Å². The number of benzene rings is 1. The predicted octanol–water partition coefficient (Wildman–Crippen LogP) is 6.87. The van der Waals surface area contributed by atoms with E-state index in [0.717, 1.165) is 67.8 Å². The fourth-order valence-electron chi connectivity index (χ4n) is 6.68. The molecule has 1 aromatic carbocycles. The minimum Gasteiger partial charge on any atom is -0.342 e. The summed E-state index contributed by atoms with van der Waals surface area (Å²) in [6.07, 6.45) is 19.7. The number of carbonyl (C=O) groups is 1. The molecule has 0 unspecified atom stereocenters. The average molecular weight is 589 g/mol. The molecule has 2 heterocycles. The number of allylic oxidation sites excluding steroid dienone is 2. The summed E-state index contributed by atoms with van der Waals surface area (Å²) in [6.45, 7) is 16.9. The van der Waals surface area contributed by atoms with E-state index in [2.05, 4.69) is 77.9 Å². The van der Waals surface area contributed by atoms with Crippen LogP contribution in [0, 0.1) is 18.3 Å². The standard InChI is InChI=1S/C36H52N4OS/c1-8-9-16-33-27(2)38-28(3)40(33)31(25-29-12-10-13-29)17-21-37-22-18-36(30-14-11-15-32(26-30)42-7)19-23-39(24-20-36)34(41)35(4,5)6/h8-9,11,14-16,21,26,29,31H,2,10,12-13,17-20,22-25H2,1,3-7H3/b9-8-,33-16+,37-21?/t31-/m0/s1. The van der Waals surface area contributed by atoms with E-state index in [4.69, 9.17) is 9.98 Å². The maximum atomic E-state index is 13.0. The normalized spacial score (nSPS) is 19.1. The number of hydrogen-bond donors (Lipinski definition) is 0. The average Bonchev–Trinajstić information content (AvgIpc) is 3.23. The van der Waals surface area contributed by atoms with Gasteiger partial charge < -0.3 is 9.47 Å². The van der Waals surface area contributed by atoms with E-state index in [1.807, 2.05) is 27.7 Å². The number of carbonyl (C=O) groups excluding carboxylic acids is 1. The van der Waals surface area contributed by atoms with Crippen molar-refractivity contribution in [2.75, 3.05) is 25.9 Å². The molecule has 0 radical (unpaired) electrons. The molecule has 1 aliphatic carbocycles. The number of piperidine rings is 1. The first kappa shape index (κ1) is 32.3. The molecule has 2 aromatic rings. The van der Waals surface area contributed by atoms with Gasteiger partial charge in [0.05, 0.1) is 10.7 Å². The maximum absolute atomic E-state index is 13.0. The molecule has 1 saturated carbocycles. The van der Waals surface area contributed by atoms with Gasteiger partial charge in [0.1, 0.15) is 5.82 Å². The summed E-state index contributed by atoms with van der Waals surface area (Å²) in [4.78, 5) is 26.2. The molecule has 2 aliphatic rings. The van der Waals surface area contributed by atoms with Gasteiger partial charge in [-0.05, 0) is 75.5 Å². The van der Waals surface area contributed by atoms with Gasteiger partial charge in [-0.25, -0.2) is 4.98 Å². The molecule has 42 heavy (non-hydrogen) atoms. The molecule has 0 N–H and O–H groups in total. The van der Waals surface area contributed by atoms with Crippen LogP contribution in [0.5, 0.6) is 0 Å². The summed E-state index contributed by atoms with van der Waals surface area (Å²) < 4.78 is 2.41. The molecular weight excluding hydrogens is 536 g/mol. The molecule has 0 spiro atoms. The lowest BCUT2D eigenvalue weighted by atomic mass is 9.70. The molecule has 1 aliphatic heterocycles. The summed E-state index contributed by atoms with van der Waals surface area (Å²) in [7, 11) is 0. The lowest BCUT2D eigenvalue weighted by molar-refractivity contribution is -0.141. The van der Waals surface area contributed by atoms with Crippen molar-refractivity contribution in [1.82, 2.24) is 14.5 Å². The summed E-state index contributed by atoms with van der Waals surface area (Å²) in [5.74, 6) is 2.09. The molecular formula is C36H52N4OS.